The minimum atomic E-state index is -0.373. The lowest BCUT2D eigenvalue weighted by molar-refractivity contribution is 0.0965. The van der Waals surface area contributed by atoms with Crippen LogP contribution in [0.1, 0.15) is 35.3 Å². The lowest BCUT2D eigenvalue weighted by atomic mass is 10.1. The normalized spacial score (nSPS) is 10.9. The van der Waals surface area contributed by atoms with E-state index in [0.717, 1.165) is 22.4 Å². The van der Waals surface area contributed by atoms with E-state index < -0.39 is 0 Å². The molecule has 0 bridgehead atoms. The highest BCUT2D eigenvalue weighted by Crippen LogP contribution is 2.09. The summed E-state index contributed by atoms with van der Waals surface area (Å²) in [6, 6.07) is 18.8. The Kier molecular flexibility index (Phi) is 6.92. The molecule has 1 heterocycles. The van der Waals surface area contributed by atoms with Gasteiger partial charge >= 0.3 is 0 Å². The molecule has 6 heteroatoms. The quantitative estimate of drug-likeness (QED) is 0.567. The maximum absolute atomic E-state index is 12.5. The van der Waals surface area contributed by atoms with Crippen molar-refractivity contribution in [3.05, 3.63) is 93.9 Å². The molecule has 0 spiro atoms. The predicted molar refractivity (Wildman–Crippen MR) is 112 cm³/mol. The van der Waals surface area contributed by atoms with Crippen LogP contribution in [0.4, 0.5) is 0 Å². The number of aromatic nitrogens is 2. The molecule has 29 heavy (non-hydrogen) atoms. The number of benzene rings is 2. The Hall–Kier alpha value is -3.25. The van der Waals surface area contributed by atoms with Gasteiger partial charge in [0.1, 0.15) is 18.9 Å². The number of rotatable bonds is 9. The number of nitrogens with zero attached hydrogens (tertiary/aromatic N) is 2. The summed E-state index contributed by atoms with van der Waals surface area (Å²) in [7, 11) is 0. The lowest BCUT2D eigenvalue weighted by Crippen LogP contribution is -2.26. The van der Waals surface area contributed by atoms with Gasteiger partial charge in [-0.3, -0.25) is 9.59 Å². The molecule has 1 N–H and O–H groups in total. The molecule has 0 saturated carbocycles. The molecule has 0 aliphatic carbocycles. The number of Topliss-reactive ketones (excluding diaryl/α,β-unsaturated/α-hetero) is 1. The van der Waals surface area contributed by atoms with Gasteiger partial charge < -0.3 is 10.1 Å². The van der Waals surface area contributed by atoms with Crippen molar-refractivity contribution in [2.75, 3.05) is 0 Å². The first-order valence-electron chi connectivity index (χ1n) is 9.60. The Morgan fingerprint density at radius 2 is 1.79 bits per heavy atom. The average molecular weight is 391 g/mol. The monoisotopic (exact) mass is 391 g/mol. The first kappa shape index (κ1) is 20.5. The summed E-state index contributed by atoms with van der Waals surface area (Å²) in [5, 5.41) is 7.40. The highest BCUT2D eigenvalue weighted by Gasteiger charge is 2.10. The second-order valence-corrected chi connectivity index (χ2v) is 7.12. The maximum atomic E-state index is 12.5. The highest BCUT2D eigenvalue weighted by atomic mass is 16.5. The molecule has 0 fully saturated rings. The second-order valence-electron chi connectivity index (χ2n) is 7.12. The van der Waals surface area contributed by atoms with E-state index in [1.165, 1.54) is 12.3 Å². The van der Waals surface area contributed by atoms with Gasteiger partial charge in [-0.25, -0.2) is 4.68 Å². The van der Waals surface area contributed by atoms with Gasteiger partial charge in [0.25, 0.3) is 5.56 Å². The van der Waals surface area contributed by atoms with Crippen LogP contribution < -0.4 is 15.6 Å². The SMILES string of the molecule is CC(C)NCc1ccc(C(=O)Cn2ncc(OCc3ccccc3)cc2=O)cc1. The van der Waals surface area contributed by atoms with Crippen LogP contribution in [0.25, 0.3) is 0 Å². The molecule has 1 aromatic heterocycles. The summed E-state index contributed by atoms with van der Waals surface area (Å²) < 4.78 is 6.75. The molecule has 0 amide bonds. The zero-order chi connectivity index (χ0) is 20.6. The predicted octanol–water partition coefficient (Wildman–Crippen LogP) is 3.20. The smallest absolute Gasteiger partial charge is 0.270 e. The van der Waals surface area contributed by atoms with Crippen LogP contribution in [0.5, 0.6) is 5.75 Å². The maximum Gasteiger partial charge on any atom is 0.270 e. The van der Waals surface area contributed by atoms with Gasteiger partial charge in [-0.1, -0.05) is 68.4 Å². The topological polar surface area (TPSA) is 73.2 Å². The molecular formula is C23H25N3O3. The number of hydrogen-bond donors (Lipinski definition) is 1. The number of carbonyl (C=O) groups is 1. The number of carbonyl (C=O) groups excluding carboxylic acids is 1. The zero-order valence-corrected chi connectivity index (χ0v) is 16.7. The van der Waals surface area contributed by atoms with Crippen molar-refractivity contribution in [1.82, 2.24) is 15.1 Å². The third-order valence-electron chi connectivity index (χ3n) is 4.38. The Labute approximate surface area is 170 Å². The van der Waals surface area contributed by atoms with E-state index in [-0.39, 0.29) is 17.9 Å². The summed E-state index contributed by atoms with van der Waals surface area (Å²) >= 11 is 0. The summed E-state index contributed by atoms with van der Waals surface area (Å²) in [6.45, 7) is 5.16. The largest absolute Gasteiger partial charge is 0.487 e. The zero-order valence-electron chi connectivity index (χ0n) is 16.7. The third-order valence-corrected chi connectivity index (χ3v) is 4.38. The summed E-state index contributed by atoms with van der Waals surface area (Å²) in [6.07, 6.45) is 1.46. The summed E-state index contributed by atoms with van der Waals surface area (Å²) in [5.41, 5.74) is 2.28. The minimum absolute atomic E-state index is 0.110. The molecule has 3 aromatic rings. The van der Waals surface area contributed by atoms with Crippen LogP contribution in [0, 0.1) is 0 Å². The Balaban J connectivity index is 1.59. The van der Waals surface area contributed by atoms with Crippen molar-refractivity contribution in [2.45, 2.75) is 39.6 Å². The molecule has 2 aromatic carbocycles. The fourth-order valence-electron chi connectivity index (χ4n) is 2.71. The molecule has 0 aliphatic rings. The van der Waals surface area contributed by atoms with Gasteiger partial charge in [-0.15, -0.1) is 0 Å². The van der Waals surface area contributed by atoms with Gasteiger partial charge in [0.15, 0.2) is 5.78 Å². The van der Waals surface area contributed by atoms with Gasteiger partial charge in [0.05, 0.1) is 6.20 Å². The molecule has 0 saturated heterocycles. The molecular weight excluding hydrogens is 366 g/mol. The van der Waals surface area contributed by atoms with Crippen molar-refractivity contribution in [3.63, 3.8) is 0 Å². The van der Waals surface area contributed by atoms with Gasteiger partial charge in [0, 0.05) is 24.2 Å². The van der Waals surface area contributed by atoms with Crippen molar-refractivity contribution in [1.29, 1.82) is 0 Å². The second kappa shape index (κ2) is 9.80. The Bertz CT molecular complexity index is 996. The Morgan fingerprint density at radius 3 is 2.45 bits per heavy atom. The molecule has 0 unspecified atom stereocenters. The molecule has 0 radical (unpaired) electrons. The minimum Gasteiger partial charge on any atom is -0.487 e. The van der Waals surface area contributed by atoms with Gasteiger partial charge in [-0.2, -0.15) is 5.10 Å². The van der Waals surface area contributed by atoms with Crippen molar-refractivity contribution in [2.24, 2.45) is 0 Å². The van der Waals surface area contributed by atoms with E-state index in [4.69, 9.17) is 4.74 Å². The van der Waals surface area contributed by atoms with Crippen molar-refractivity contribution >= 4 is 5.78 Å². The van der Waals surface area contributed by atoms with Gasteiger partial charge in [-0.05, 0) is 11.1 Å². The first-order chi connectivity index (χ1) is 14.0. The van der Waals surface area contributed by atoms with E-state index in [1.807, 2.05) is 42.5 Å². The van der Waals surface area contributed by atoms with Crippen molar-refractivity contribution in [3.8, 4) is 5.75 Å². The van der Waals surface area contributed by atoms with Crippen LogP contribution in [-0.2, 0) is 19.7 Å². The number of ether oxygens (including phenoxy) is 1. The Morgan fingerprint density at radius 1 is 1.07 bits per heavy atom. The number of nitrogens with one attached hydrogen (secondary N) is 1. The number of hydrogen-bond acceptors (Lipinski definition) is 5. The van der Waals surface area contributed by atoms with Crippen LogP contribution >= 0.6 is 0 Å². The molecule has 0 aliphatic heterocycles. The summed E-state index contributed by atoms with van der Waals surface area (Å²) in [4.78, 5) is 24.8. The lowest BCUT2D eigenvalue weighted by Gasteiger charge is -2.09. The van der Waals surface area contributed by atoms with Crippen molar-refractivity contribution < 1.29 is 9.53 Å². The van der Waals surface area contributed by atoms with Crippen LogP contribution in [0.3, 0.4) is 0 Å². The van der Waals surface area contributed by atoms with Crippen LogP contribution in [0.2, 0.25) is 0 Å². The van der Waals surface area contributed by atoms with E-state index in [1.54, 1.807) is 12.1 Å². The summed E-state index contributed by atoms with van der Waals surface area (Å²) in [5.74, 6) is 0.213. The van der Waals surface area contributed by atoms with E-state index in [2.05, 4.69) is 24.3 Å². The standard InChI is InChI=1S/C23H25N3O3/c1-17(2)24-13-18-8-10-20(11-9-18)22(27)15-26-23(28)12-21(14-25-26)29-16-19-6-4-3-5-7-19/h3-12,14,17,24H,13,15-16H2,1-2H3. The fraction of sp³-hybridized carbons (Fsp3) is 0.261. The molecule has 150 valence electrons. The van der Waals surface area contributed by atoms with Crippen LogP contribution in [-0.4, -0.2) is 21.6 Å². The first-order valence-corrected chi connectivity index (χ1v) is 9.60. The molecule has 3 rings (SSSR count). The molecule has 6 nitrogen and oxygen atoms in total. The highest BCUT2D eigenvalue weighted by molar-refractivity contribution is 5.95. The van der Waals surface area contributed by atoms with E-state index in [0.29, 0.717) is 24.0 Å². The van der Waals surface area contributed by atoms with Gasteiger partial charge in [0.2, 0.25) is 0 Å². The third kappa shape index (κ3) is 6.12. The molecule has 0 atom stereocenters. The number of ketones is 1. The van der Waals surface area contributed by atoms with E-state index >= 15 is 0 Å². The van der Waals surface area contributed by atoms with Crippen LogP contribution in [0.15, 0.2) is 71.7 Å². The van der Waals surface area contributed by atoms with E-state index in [9.17, 15) is 9.59 Å². The average Bonchev–Trinajstić information content (AvgIpc) is 2.73. The fourth-order valence-corrected chi connectivity index (χ4v) is 2.71.